The number of hydrogen-bond acceptors (Lipinski definition) is 3. The first kappa shape index (κ1) is 22.8. The predicted octanol–water partition coefficient (Wildman–Crippen LogP) is 5.80. The number of rotatable bonds is 8. The van der Waals surface area contributed by atoms with Gasteiger partial charge in [-0.2, -0.15) is 0 Å². The molecule has 4 rings (SSSR count). The van der Waals surface area contributed by atoms with Crippen LogP contribution in [0.5, 0.6) is 5.75 Å². The first-order valence-electron chi connectivity index (χ1n) is 10.0. The minimum atomic E-state index is -0.579. The summed E-state index contributed by atoms with van der Waals surface area (Å²) in [6.45, 7) is 1.35. The standard InChI is InChI=1S/C26H24FNO2.ClH/c27-22-13-10-19(11-14-22)18-30-26-15-12-20-6-4-5-9-23(20)24(26)16-28-17-25(29)21-7-2-1-3-8-21;/h1-15,25,28-29H,16-18H2;1H. The van der Waals surface area contributed by atoms with Crippen LogP contribution >= 0.6 is 12.4 Å². The first-order chi connectivity index (χ1) is 14.7. The summed E-state index contributed by atoms with van der Waals surface area (Å²) in [5.74, 6) is 0.519. The molecule has 160 valence electrons. The van der Waals surface area contributed by atoms with Gasteiger partial charge in [0, 0.05) is 18.7 Å². The Morgan fingerprint density at radius 1 is 0.839 bits per heavy atom. The first-order valence-corrected chi connectivity index (χ1v) is 10.0. The highest BCUT2D eigenvalue weighted by atomic mass is 35.5. The van der Waals surface area contributed by atoms with Crippen LogP contribution in [0.1, 0.15) is 22.8 Å². The second-order valence-electron chi connectivity index (χ2n) is 7.24. The van der Waals surface area contributed by atoms with E-state index in [2.05, 4.69) is 17.4 Å². The van der Waals surface area contributed by atoms with Crippen LogP contribution < -0.4 is 10.1 Å². The highest BCUT2D eigenvalue weighted by molar-refractivity contribution is 5.87. The van der Waals surface area contributed by atoms with E-state index in [0.29, 0.717) is 19.7 Å². The Labute approximate surface area is 187 Å². The lowest BCUT2D eigenvalue weighted by atomic mass is 10.0. The fraction of sp³-hybridized carbons (Fsp3) is 0.154. The van der Waals surface area contributed by atoms with Gasteiger partial charge in [-0.1, -0.05) is 72.8 Å². The molecule has 0 heterocycles. The molecule has 4 aromatic carbocycles. The van der Waals surface area contributed by atoms with Gasteiger partial charge in [-0.05, 0) is 40.1 Å². The molecule has 1 atom stereocenters. The van der Waals surface area contributed by atoms with E-state index < -0.39 is 6.10 Å². The van der Waals surface area contributed by atoms with Crippen molar-refractivity contribution >= 4 is 23.2 Å². The van der Waals surface area contributed by atoms with Crippen molar-refractivity contribution in [2.75, 3.05) is 6.54 Å². The third-order valence-corrected chi connectivity index (χ3v) is 5.13. The molecule has 0 spiro atoms. The van der Waals surface area contributed by atoms with E-state index in [1.807, 2.05) is 54.6 Å². The zero-order valence-corrected chi connectivity index (χ0v) is 17.8. The van der Waals surface area contributed by atoms with Crippen molar-refractivity contribution in [1.82, 2.24) is 5.32 Å². The number of ether oxygens (including phenoxy) is 1. The Morgan fingerprint density at radius 2 is 1.55 bits per heavy atom. The number of fused-ring (bicyclic) bond motifs is 1. The molecule has 0 bridgehead atoms. The summed E-state index contributed by atoms with van der Waals surface area (Å²) in [6.07, 6.45) is -0.579. The average molecular weight is 438 g/mol. The lowest BCUT2D eigenvalue weighted by Gasteiger charge is -2.17. The van der Waals surface area contributed by atoms with Crippen molar-refractivity contribution in [2.45, 2.75) is 19.3 Å². The van der Waals surface area contributed by atoms with Crippen LogP contribution in [0.4, 0.5) is 4.39 Å². The summed E-state index contributed by atoms with van der Waals surface area (Å²) >= 11 is 0. The molecule has 3 nitrogen and oxygen atoms in total. The maximum atomic E-state index is 13.1. The molecule has 2 N–H and O–H groups in total. The van der Waals surface area contributed by atoms with Crippen LogP contribution in [0.3, 0.4) is 0 Å². The molecule has 1 unspecified atom stereocenters. The van der Waals surface area contributed by atoms with E-state index >= 15 is 0 Å². The summed E-state index contributed by atoms with van der Waals surface area (Å²) in [4.78, 5) is 0. The molecule has 31 heavy (non-hydrogen) atoms. The third kappa shape index (κ3) is 5.82. The number of aliphatic hydroxyl groups excluding tert-OH is 1. The van der Waals surface area contributed by atoms with Crippen LogP contribution in [0, 0.1) is 5.82 Å². The number of nitrogens with one attached hydrogen (secondary N) is 1. The van der Waals surface area contributed by atoms with Gasteiger partial charge in [-0.3, -0.25) is 0 Å². The molecule has 5 heteroatoms. The van der Waals surface area contributed by atoms with E-state index in [1.165, 1.54) is 12.1 Å². The molecule has 0 aliphatic heterocycles. The van der Waals surface area contributed by atoms with Gasteiger partial charge in [0.1, 0.15) is 18.2 Å². The highest BCUT2D eigenvalue weighted by Crippen LogP contribution is 2.29. The average Bonchev–Trinajstić information content (AvgIpc) is 2.80. The number of aliphatic hydroxyl groups is 1. The molecule has 4 aromatic rings. The normalized spacial score (nSPS) is 11.7. The maximum absolute atomic E-state index is 13.1. The van der Waals surface area contributed by atoms with Crippen molar-refractivity contribution in [3.63, 3.8) is 0 Å². The van der Waals surface area contributed by atoms with Crippen molar-refractivity contribution in [1.29, 1.82) is 0 Å². The van der Waals surface area contributed by atoms with Gasteiger partial charge < -0.3 is 15.2 Å². The maximum Gasteiger partial charge on any atom is 0.124 e. The molecule has 0 saturated carbocycles. The summed E-state index contributed by atoms with van der Waals surface area (Å²) in [5, 5.41) is 16.0. The van der Waals surface area contributed by atoms with Crippen LogP contribution in [0.25, 0.3) is 10.8 Å². The molecule has 0 radical (unpaired) electrons. The molecular weight excluding hydrogens is 413 g/mol. The van der Waals surface area contributed by atoms with Crippen LogP contribution in [-0.2, 0) is 13.2 Å². The van der Waals surface area contributed by atoms with Gasteiger partial charge in [-0.15, -0.1) is 12.4 Å². The van der Waals surface area contributed by atoms with E-state index in [9.17, 15) is 9.50 Å². The van der Waals surface area contributed by atoms with Gasteiger partial charge in [0.25, 0.3) is 0 Å². The van der Waals surface area contributed by atoms with Gasteiger partial charge in [0.15, 0.2) is 0 Å². The lowest BCUT2D eigenvalue weighted by Crippen LogP contribution is -2.21. The Kier molecular flexibility index (Phi) is 8.01. The SMILES string of the molecule is Cl.OC(CNCc1c(OCc2ccc(F)cc2)ccc2ccccc12)c1ccccc1. The number of hydrogen-bond donors (Lipinski definition) is 2. The topological polar surface area (TPSA) is 41.5 Å². The molecular formula is C26H25ClFNO2. The van der Waals surface area contributed by atoms with Crippen molar-refractivity contribution in [3.05, 3.63) is 114 Å². The monoisotopic (exact) mass is 437 g/mol. The Morgan fingerprint density at radius 3 is 2.32 bits per heavy atom. The van der Waals surface area contributed by atoms with E-state index in [1.54, 1.807) is 12.1 Å². The summed E-state index contributed by atoms with van der Waals surface area (Å²) < 4.78 is 19.2. The van der Waals surface area contributed by atoms with Crippen LogP contribution in [0.15, 0.2) is 91.0 Å². The molecule has 0 aliphatic rings. The Balaban J connectivity index is 0.00000272. The van der Waals surface area contributed by atoms with E-state index in [4.69, 9.17) is 4.74 Å². The summed E-state index contributed by atoms with van der Waals surface area (Å²) in [5.41, 5.74) is 2.83. The lowest BCUT2D eigenvalue weighted by molar-refractivity contribution is 0.174. The van der Waals surface area contributed by atoms with E-state index in [0.717, 1.165) is 33.2 Å². The molecule has 0 aliphatic carbocycles. The minimum Gasteiger partial charge on any atom is -0.489 e. The highest BCUT2D eigenvalue weighted by Gasteiger charge is 2.11. The number of benzene rings is 4. The second-order valence-corrected chi connectivity index (χ2v) is 7.24. The van der Waals surface area contributed by atoms with Gasteiger partial charge in [-0.25, -0.2) is 4.39 Å². The van der Waals surface area contributed by atoms with Crippen molar-refractivity contribution in [2.24, 2.45) is 0 Å². The molecule has 0 aromatic heterocycles. The van der Waals surface area contributed by atoms with Crippen molar-refractivity contribution in [3.8, 4) is 5.75 Å². The predicted molar refractivity (Wildman–Crippen MR) is 125 cm³/mol. The zero-order valence-electron chi connectivity index (χ0n) is 17.0. The molecule has 0 fully saturated rings. The third-order valence-electron chi connectivity index (χ3n) is 5.13. The van der Waals surface area contributed by atoms with Gasteiger partial charge in [0.05, 0.1) is 6.10 Å². The van der Waals surface area contributed by atoms with E-state index in [-0.39, 0.29) is 18.2 Å². The Bertz CT molecular complexity index is 1100. The summed E-state index contributed by atoms with van der Waals surface area (Å²) in [6, 6.07) is 28.1. The minimum absolute atomic E-state index is 0. The molecule has 0 amide bonds. The van der Waals surface area contributed by atoms with Gasteiger partial charge in [0.2, 0.25) is 0 Å². The second kappa shape index (κ2) is 10.9. The number of halogens is 2. The molecule has 0 saturated heterocycles. The van der Waals surface area contributed by atoms with Gasteiger partial charge >= 0.3 is 0 Å². The fourth-order valence-electron chi connectivity index (χ4n) is 3.50. The smallest absolute Gasteiger partial charge is 0.124 e. The largest absolute Gasteiger partial charge is 0.489 e. The summed E-state index contributed by atoms with van der Waals surface area (Å²) in [7, 11) is 0. The zero-order chi connectivity index (χ0) is 20.8. The van der Waals surface area contributed by atoms with Crippen LogP contribution in [-0.4, -0.2) is 11.7 Å². The quantitative estimate of drug-likeness (QED) is 0.366. The Hall–Kier alpha value is -2.92. The van der Waals surface area contributed by atoms with Crippen molar-refractivity contribution < 1.29 is 14.2 Å². The fourth-order valence-corrected chi connectivity index (χ4v) is 3.50. The van der Waals surface area contributed by atoms with Crippen LogP contribution in [0.2, 0.25) is 0 Å².